The Morgan fingerprint density at radius 1 is 1.24 bits per heavy atom. The summed E-state index contributed by atoms with van der Waals surface area (Å²) >= 11 is 1.48. The Labute approximate surface area is 174 Å². The molecule has 0 amide bonds. The number of phenolic OH excluding ortho intramolecular Hbond substituents is 1. The maximum absolute atomic E-state index is 10.5. The largest absolute Gasteiger partial charge is 0.507 e. The van der Waals surface area contributed by atoms with Crippen LogP contribution < -0.4 is 10.6 Å². The number of nitrogens with one attached hydrogen (secondary N) is 2. The Balaban J connectivity index is 1.27. The van der Waals surface area contributed by atoms with Gasteiger partial charge >= 0.3 is 0 Å². The molecule has 2 saturated heterocycles. The SMILES string of the molecule is CC12CCC(C)(CC(CNc3nnc(-c4ccc(-n5ccnc5)cc4O)s3)C1)N2. The summed E-state index contributed by atoms with van der Waals surface area (Å²) in [7, 11) is 0. The fourth-order valence-corrected chi connectivity index (χ4v) is 5.90. The number of phenols is 1. The second kappa shape index (κ2) is 6.81. The van der Waals surface area contributed by atoms with Crippen LogP contribution in [0, 0.1) is 5.92 Å². The number of hydrogen-bond donors (Lipinski definition) is 3. The predicted octanol–water partition coefficient (Wildman–Crippen LogP) is 3.82. The van der Waals surface area contributed by atoms with Gasteiger partial charge in [0.15, 0.2) is 5.01 Å². The van der Waals surface area contributed by atoms with Crippen LogP contribution in [0.1, 0.15) is 39.5 Å². The minimum Gasteiger partial charge on any atom is -0.507 e. The zero-order valence-electron chi connectivity index (χ0n) is 16.7. The van der Waals surface area contributed by atoms with Gasteiger partial charge in [0.25, 0.3) is 0 Å². The number of fused-ring (bicyclic) bond motifs is 2. The molecule has 2 aromatic heterocycles. The maximum atomic E-state index is 10.5. The molecule has 8 heteroatoms. The molecule has 4 heterocycles. The second-order valence-corrected chi connectivity index (χ2v) is 9.96. The molecule has 0 aliphatic carbocycles. The van der Waals surface area contributed by atoms with E-state index >= 15 is 0 Å². The number of benzene rings is 1. The lowest BCUT2D eigenvalue weighted by Crippen LogP contribution is -2.54. The molecule has 2 bridgehead atoms. The van der Waals surface area contributed by atoms with Gasteiger partial charge in [-0.05, 0) is 57.6 Å². The lowest BCUT2D eigenvalue weighted by atomic mass is 9.80. The number of hydrogen-bond acceptors (Lipinski definition) is 7. The molecule has 2 aliphatic rings. The van der Waals surface area contributed by atoms with Crippen LogP contribution in [0.15, 0.2) is 36.9 Å². The molecule has 0 saturated carbocycles. The molecule has 152 valence electrons. The standard InChI is InChI=1S/C21H26N6OS/c1-20-5-6-21(2,26-20)11-14(10-20)12-23-19-25-24-18(29-19)16-4-3-15(9-17(16)28)27-8-7-22-13-27/h3-4,7-9,13-14,26,28H,5-6,10-12H2,1-2H3,(H,23,25). The van der Waals surface area contributed by atoms with Crippen molar-refractivity contribution < 1.29 is 5.11 Å². The van der Waals surface area contributed by atoms with Crippen LogP contribution in [0.4, 0.5) is 5.13 Å². The molecule has 2 atom stereocenters. The van der Waals surface area contributed by atoms with Gasteiger partial charge in [-0.1, -0.05) is 11.3 Å². The molecule has 0 radical (unpaired) electrons. The highest BCUT2D eigenvalue weighted by Crippen LogP contribution is 2.44. The minimum atomic E-state index is 0.190. The molecule has 0 spiro atoms. The van der Waals surface area contributed by atoms with E-state index in [0.29, 0.717) is 16.5 Å². The van der Waals surface area contributed by atoms with Gasteiger partial charge in [0.2, 0.25) is 5.13 Å². The van der Waals surface area contributed by atoms with E-state index in [1.54, 1.807) is 18.6 Å². The number of rotatable bonds is 5. The normalized spacial score (nSPS) is 28.6. The van der Waals surface area contributed by atoms with Crippen LogP contribution in [0.5, 0.6) is 5.75 Å². The third kappa shape index (κ3) is 3.62. The van der Waals surface area contributed by atoms with Crippen molar-refractivity contribution in [1.29, 1.82) is 0 Å². The number of imidazole rings is 1. The summed E-state index contributed by atoms with van der Waals surface area (Å²) < 4.78 is 1.85. The average Bonchev–Trinajstić information content (AvgIpc) is 3.40. The van der Waals surface area contributed by atoms with Crippen molar-refractivity contribution in [3.05, 3.63) is 36.9 Å². The molecule has 2 unspecified atom stereocenters. The van der Waals surface area contributed by atoms with Crippen molar-refractivity contribution >= 4 is 16.5 Å². The molecular weight excluding hydrogens is 384 g/mol. The lowest BCUT2D eigenvalue weighted by Gasteiger charge is -2.42. The highest BCUT2D eigenvalue weighted by Gasteiger charge is 2.48. The molecule has 1 aromatic carbocycles. The fourth-order valence-electron chi connectivity index (χ4n) is 5.11. The van der Waals surface area contributed by atoms with Crippen LogP contribution in [0.25, 0.3) is 16.3 Å². The van der Waals surface area contributed by atoms with Gasteiger partial charge in [-0.25, -0.2) is 4.98 Å². The predicted molar refractivity (Wildman–Crippen MR) is 115 cm³/mol. The van der Waals surface area contributed by atoms with E-state index in [-0.39, 0.29) is 16.8 Å². The van der Waals surface area contributed by atoms with Crippen molar-refractivity contribution in [2.75, 3.05) is 11.9 Å². The van der Waals surface area contributed by atoms with E-state index in [1.807, 2.05) is 22.9 Å². The zero-order chi connectivity index (χ0) is 20.1. The third-order valence-electron chi connectivity index (χ3n) is 6.29. The molecule has 2 aliphatic heterocycles. The highest BCUT2D eigenvalue weighted by atomic mass is 32.1. The smallest absolute Gasteiger partial charge is 0.206 e. The van der Waals surface area contributed by atoms with E-state index in [4.69, 9.17) is 0 Å². The molecule has 7 nitrogen and oxygen atoms in total. The summed E-state index contributed by atoms with van der Waals surface area (Å²) in [4.78, 5) is 4.04. The van der Waals surface area contributed by atoms with Gasteiger partial charge in [0.1, 0.15) is 5.75 Å². The van der Waals surface area contributed by atoms with Gasteiger partial charge in [-0.2, -0.15) is 0 Å². The molecule has 5 rings (SSSR count). The van der Waals surface area contributed by atoms with Crippen LogP contribution >= 0.6 is 11.3 Å². The summed E-state index contributed by atoms with van der Waals surface area (Å²) in [5.41, 5.74) is 2.09. The summed E-state index contributed by atoms with van der Waals surface area (Å²) in [6.45, 7) is 5.61. The molecular formula is C21H26N6OS. The first-order valence-electron chi connectivity index (χ1n) is 10.1. The van der Waals surface area contributed by atoms with Gasteiger partial charge in [0, 0.05) is 36.1 Å². The van der Waals surface area contributed by atoms with E-state index < -0.39 is 0 Å². The minimum absolute atomic E-state index is 0.190. The van der Waals surface area contributed by atoms with Gasteiger partial charge < -0.3 is 20.3 Å². The first-order chi connectivity index (χ1) is 13.9. The van der Waals surface area contributed by atoms with Crippen LogP contribution in [0.3, 0.4) is 0 Å². The van der Waals surface area contributed by atoms with E-state index in [9.17, 15) is 5.11 Å². The van der Waals surface area contributed by atoms with Crippen molar-refractivity contribution in [3.8, 4) is 22.0 Å². The Hall–Kier alpha value is -2.45. The monoisotopic (exact) mass is 410 g/mol. The van der Waals surface area contributed by atoms with E-state index in [0.717, 1.165) is 17.4 Å². The van der Waals surface area contributed by atoms with Gasteiger partial charge in [0.05, 0.1) is 17.6 Å². The lowest BCUT2D eigenvalue weighted by molar-refractivity contribution is 0.178. The van der Waals surface area contributed by atoms with Crippen molar-refractivity contribution in [2.24, 2.45) is 5.92 Å². The third-order valence-corrected chi connectivity index (χ3v) is 7.21. The van der Waals surface area contributed by atoms with E-state index in [1.165, 1.54) is 37.0 Å². The number of piperidine rings is 1. The zero-order valence-corrected chi connectivity index (χ0v) is 17.5. The number of aromatic nitrogens is 4. The second-order valence-electron chi connectivity index (χ2n) is 8.99. The van der Waals surface area contributed by atoms with Crippen LogP contribution in [-0.2, 0) is 0 Å². The molecule has 3 aromatic rings. The van der Waals surface area contributed by atoms with Crippen molar-refractivity contribution in [2.45, 2.75) is 50.6 Å². The number of nitrogens with zero attached hydrogens (tertiary/aromatic N) is 4. The summed E-state index contributed by atoms with van der Waals surface area (Å²) in [5, 5.41) is 27.9. The first kappa shape index (κ1) is 18.6. The topological polar surface area (TPSA) is 87.9 Å². The molecule has 29 heavy (non-hydrogen) atoms. The number of anilines is 1. The Bertz CT molecular complexity index is 1000. The van der Waals surface area contributed by atoms with Gasteiger partial charge in [-0.15, -0.1) is 10.2 Å². The van der Waals surface area contributed by atoms with Crippen LogP contribution in [-0.4, -0.2) is 42.5 Å². The quantitative estimate of drug-likeness (QED) is 0.593. The number of aromatic hydroxyl groups is 1. The summed E-state index contributed by atoms with van der Waals surface area (Å²) in [5.74, 6) is 0.818. The van der Waals surface area contributed by atoms with Crippen molar-refractivity contribution in [3.63, 3.8) is 0 Å². The average molecular weight is 411 g/mol. The molecule has 2 fully saturated rings. The Kier molecular flexibility index (Phi) is 4.36. The van der Waals surface area contributed by atoms with Crippen LogP contribution in [0.2, 0.25) is 0 Å². The highest BCUT2D eigenvalue weighted by molar-refractivity contribution is 7.18. The van der Waals surface area contributed by atoms with Gasteiger partial charge in [-0.3, -0.25) is 0 Å². The summed E-state index contributed by atoms with van der Waals surface area (Å²) in [6, 6.07) is 5.54. The molecule has 3 N–H and O–H groups in total. The summed E-state index contributed by atoms with van der Waals surface area (Å²) in [6.07, 6.45) is 10.2. The fraction of sp³-hybridized carbons (Fsp3) is 0.476. The Morgan fingerprint density at radius 2 is 2.03 bits per heavy atom. The van der Waals surface area contributed by atoms with Crippen molar-refractivity contribution in [1.82, 2.24) is 25.1 Å². The maximum Gasteiger partial charge on any atom is 0.206 e. The van der Waals surface area contributed by atoms with E-state index in [2.05, 4.69) is 39.7 Å². The Morgan fingerprint density at radius 3 is 2.72 bits per heavy atom. The first-order valence-corrected chi connectivity index (χ1v) is 10.9.